The Morgan fingerprint density at radius 2 is 2.05 bits per heavy atom. The molecule has 1 aromatic heterocycles. The molecule has 0 saturated heterocycles. The molecule has 2 rings (SSSR count). The lowest BCUT2D eigenvalue weighted by Crippen LogP contribution is -2.12. The summed E-state index contributed by atoms with van der Waals surface area (Å²) in [6.07, 6.45) is 6.10. The number of imidazole rings is 1. The van der Waals surface area contributed by atoms with Gasteiger partial charge in [0, 0.05) is 9.61 Å². The number of benzene rings is 1. The Kier molecular flexibility index (Phi) is 6.15. The molecule has 0 aliphatic rings. The maximum absolute atomic E-state index is 6.14. The van der Waals surface area contributed by atoms with Gasteiger partial charge in [0.1, 0.15) is 5.82 Å². The number of halogens is 2. The number of rotatable bonds is 7. The third-order valence-electron chi connectivity index (χ3n) is 3.72. The molecule has 20 heavy (non-hydrogen) atoms. The largest absolute Gasteiger partial charge is 0.324 e. The van der Waals surface area contributed by atoms with Crippen molar-refractivity contribution in [1.82, 2.24) is 9.55 Å². The average molecular weight is 405 g/mol. The zero-order chi connectivity index (χ0) is 14.5. The highest BCUT2D eigenvalue weighted by molar-refractivity contribution is 14.1. The Labute approximate surface area is 140 Å². The van der Waals surface area contributed by atoms with Crippen molar-refractivity contribution in [2.75, 3.05) is 0 Å². The normalized spacial score (nSPS) is 13.0. The topological polar surface area (TPSA) is 17.8 Å². The Balaban J connectivity index is 2.47. The van der Waals surface area contributed by atoms with E-state index in [2.05, 4.69) is 59.2 Å². The molecule has 0 fully saturated rings. The Morgan fingerprint density at radius 3 is 2.70 bits per heavy atom. The third-order valence-corrected chi connectivity index (χ3v) is 4.63. The van der Waals surface area contributed by atoms with Crippen LogP contribution in [0, 0.1) is 3.57 Å². The van der Waals surface area contributed by atoms with Gasteiger partial charge in [-0.2, -0.15) is 0 Å². The zero-order valence-electron chi connectivity index (χ0n) is 12.2. The van der Waals surface area contributed by atoms with Crippen molar-refractivity contribution in [2.24, 2.45) is 0 Å². The van der Waals surface area contributed by atoms with E-state index in [0.29, 0.717) is 11.9 Å². The molecule has 0 bridgehead atoms. The molecule has 0 N–H and O–H groups in total. The first-order valence-electron chi connectivity index (χ1n) is 7.43. The van der Waals surface area contributed by atoms with E-state index in [4.69, 9.17) is 16.6 Å². The second kappa shape index (κ2) is 7.64. The third kappa shape index (κ3) is 3.48. The van der Waals surface area contributed by atoms with E-state index in [1.165, 1.54) is 41.2 Å². The van der Waals surface area contributed by atoms with E-state index in [1.54, 1.807) is 0 Å². The van der Waals surface area contributed by atoms with Crippen LogP contribution in [0.2, 0.25) is 0 Å². The minimum atomic E-state index is 0.484. The van der Waals surface area contributed by atoms with Gasteiger partial charge in [-0.1, -0.05) is 33.1 Å². The van der Waals surface area contributed by atoms with Gasteiger partial charge in [-0.05, 0) is 53.6 Å². The van der Waals surface area contributed by atoms with Crippen LogP contribution in [0.1, 0.15) is 57.8 Å². The Bertz CT molecular complexity index is 565. The van der Waals surface area contributed by atoms with Crippen LogP contribution in [0.4, 0.5) is 0 Å². The summed E-state index contributed by atoms with van der Waals surface area (Å²) in [7, 11) is 0. The fourth-order valence-electron chi connectivity index (χ4n) is 2.80. The van der Waals surface area contributed by atoms with Gasteiger partial charge < -0.3 is 4.57 Å². The minimum absolute atomic E-state index is 0.484. The molecule has 0 aliphatic carbocycles. The van der Waals surface area contributed by atoms with Crippen LogP contribution in [0.3, 0.4) is 0 Å². The lowest BCUT2D eigenvalue weighted by atomic mass is 10.0. The fraction of sp³-hybridized carbons (Fsp3) is 0.562. The zero-order valence-corrected chi connectivity index (χ0v) is 15.1. The van der Waals surface area contributed by atoms with Gasteiger partial charge in [-0.3, -0.25) is 0 Å². The van der Waals surface area contributed by atoms with Gasteiger partial charge in [0.25, 0.3) is 0 Å². The summed E-state index contributed by atoms with van der Waals surface area (Å²) in [5.74, 6) is 1.50. The van der Waals surface area contributed by atoms with Crippen LogP contribution in [0.25, 0.3) is 11.0 Å². The summed E-state index contributed by atoms with van der Waals surface area (Å²) >= 11 is 8.47. The monoisotopic (exact) mass is 404 g/mol. The second-order valence-corrected chi connectivity index (χ2v) is 6.76. The molecule has 110 valence electrons. The van der Waals surface area contributed by atoms with E-state index < -0.39 is 0 Å². The van der Waals surface area contributed by atoms with E-state index in [1.807, 2.05) is 0 Å². The standard InChI is InChI=1S/C16H22ClIN2/c1-3-5-7-13(6-4-2)20-15-9-8-12(18)10-14(15)19-16(20)11-17/h8-10,13H,3-7,11H2,1-2H3. The number of alkyl halides is 1. The van der Waals surface area contributed by atoms with Crippen molar-refractivity contribution in [1.29, 1.82) is 0 Å². The second-order valence-electron chi connectivity index (χ2n) is 5.25. The first-order chi connectivity index (χ1) is 9.71. The van der Waals surface area contributed by atoms with Crippen LogP contribution < -0.4 is 0 Å². The number of fused-ring (bicyclic) bond motifs is 1. The van der Waals surface area contributed by atoms with Crippen LogP contribution in [0.15, 0.2) is 18.2 Å². The highest BCUT2D eigenvalue weighted by atomic mass is 127. The Morgan fingerprint density at radius 1 is 1.25 bits per heavy atom. The lowest BCUT2D eigenvalue weighted by Gasteiger charge is -2.21. The molecule has 2 aromatic rings. The molecule has 1 heterocycles. The van der Waals surface area contributed by atoms with Crippen molar-refractivity contribution in [2.45, 2.75) is 57.9 Å². The van der Waals surface area contributed by atoms with Crippen molar-refractivity contribution >= 4 is 45.2 Å². The summed E-state index contributed by atoms with van der Waals surface area (Å²) in [5, 5.41) is 0. The van der Waals surface area contributed by atoms with Crippen LogP contribution >= 0.6 is 34.2 Å². The molecule has 0 radical (unpaired) electrons. The van der Waals surface area contributed by atoms with Gasteiger partial charge in [-0.25, -0.2) is 4.98 Å². The molecular weight excluding hydrogens is 383 g/mol. The molecule has 0 spiro atoms. The number of hydrogen-bond acceptors (Lipinski definition) is 1. The van der Waals surface area contributed by atoms with Crippen LogP contribution in [-0.4, -0.2) is 9.55 Å². The summed E-state index contributed by atoms with van der Waals surface area (Å²) in [5.41, 5.74) is 2.31. The molecule has 1 atom stereocenters. The van der Waals surface area contributed by atoms with Crippen molar-refractivity contribution in [3.05, 3.63) is 27.6 Å². The van der Waals surface area contributed by atoms with E-state index >= 15 is 0 Å². The van der Waals surface area contributed by atoms with Gasteiger partial charge in [0.2, 0.25) is 0 Å². The number of aromatic nitrogens is 2. The molecule has 2 nitrogen and oxygen atoms in total. The number of unbranched alkanes of at least 4 members (excludes halogenated alkanes) is 1. The quantitative estimate of drug-likeness (QED) is 0.414. The van der Waals surface area contributed by atoms with Crippen molar-refractivity contribution in [3.63, 3.8) is 0 Å². The average Bonchev–Trinajstić information content (AvgIpc) is 2.80. The summed E-state index contributed by atoms with van der Waals surface area (Å²) in [6.45, 7) is 4.50. The van der Waals surface area contributed by atoms with Crippen LogP contribution in [0.5, 0.6) is 0 Å². The van der Waals surface area contributed by atoms with Crippen molar-refractivity contribution < 1.29 is 0 Å². The molecule has 4 heteroatoms. The molecular formula is C16H22ClIN2. The molecule has 1 aromatic carbocycles. The summed E-state index contributed by atoms with van der Waals surface area (Å²) in [4.78, 5) is 4.73. The van der Waals surface area contributed by atoms with E-state index in [0.717, 1.165) is 11.3 Å². The first-order valence-corrected chi connectivity index (χ1v) is 9.04. The summed E-state index contributed by atoms with van der Waals surface area (Å²) in [6, 6.07) is 7.01. The van der Waals surface area contributed by atoms with Crippen LogP contribution in [-0.2, 0) is 5.88 Å². The smallest absolute Gasteiger partial charge is 0.125 e. The highest BCUT2D eigenvalue weighted by Gasteiger charge is 2.18. The van der Waals surface area contributed by atoms with Gasteiger partial charge in [-0.15, -0.1) is 11.6 Å². The van der Waals surface area contributed by atoms with Gasteiger partial charge >= 0.3 is 0 Å². The molecule has 1 unspecified atom stereocenters. The first kappa shape index (κ1) is 16.1. The number of nitrogens with zero attached hydrogens (tertiary/aromatic N) is 2. The molecule has 0 amide bonds. The predicted molar refractivity (Wildman–Crippen MR) is 95.5 cm³/mol. The van der Waals surface area contributed by atoms with Gasteiger partial charge in [0.15, 0.2) is 0 Å². The minimum Gasteiger partial charge on any atom is -0.324 e. The maximum Gasteiger partial charge on any atom is 0.125 e. The SMILES string of the molecule is CCCCC(CCC)n1c(CCl)nc2cc(I)ccc21. The molecule has 0 saturated carbocycles. The maximum atomic E-state index is 6.14. The predicted octanol–water partition coefficient (Wildman–Crippen LogP) is 5.91. The lowest BCUT2D eigenvalue weighted by molar-refractivity contribution is 0.418. The Hall–Kier alpha value is -0.290. The van der Waals surface area contributed by atoms with E-state index in [9.17, 15) is 0 Å². The number of hydrogen-bond donors (Lipinski definition) is 0. The summed E-state index contributed by atoms with van der Waals surface area (Å²) < 4.78 is 3.61. The van der Waals surface area contributed by atoms with E-state index in [-0.39, 0.29) is 0 Å². The highest BCUT2D eigenvalue weighted by Crippen LogP contribution is 2.29. The van der Waals surface area contributed by atoms with Gasteiger partial charge in [0.05, 0.1) is 16.9 Å². The van der Waals surface area contributed by atoms with Crippen molar-refractivity contribution in [3.8, 4) is 0 Å². The molecule has 0 aliphatic heterocycles. The fourth-order valence-corrected chi connectivity index (χ4v) is 3.46.